The van der Waals surface area contributed by atoms with E-state index in [9.17, 15) is 4.79 Å². The molecule has 0 bridgehead atoms. The molecule has 1 aliphatic rings. The molecule has 0 aliphatic carbocycles. The van der Waals surface area contributed by atoms with Gasteiger partial charge in [0.05, 0.1) is 6.61 Å². The number of esters is 1. The fourth-order valence-electron chi connectivity index (χ4n) is 2.44. The van der Waals surface area contributed by atoms with Crippen LogP contribution >= 0.6 is 0 Å². The first-order chi connectivity index (χ1) is 8.50. The van der Waals surface area contributed by atoms with Gasteiger partial charge in [0.1, 0.15) is 5.54 Å². The summed E-state index contributed by atoms with van der Waals surface area (Å²) >= 11 is 0. The number of likely N-dealkylation sites (N-methyl/N-ethyl adjacent to an activating group) is 2. The normalized spacial score (nSPS) is 25.4. The van der Waals surface area contributed by atoms with Gasteiger partial charge in [0, 0.05) is 19.6 Å². The van der Waals surface area contributed by atoms with E-state index in [-0.39, 0.29) is 5.97 Å². The van der Waals surface area contributed by atoms with Gasteiger partial charge in [-0.25, -0.2) is 4.79 Å². The fraction of sp³-hybridized carbons (Fsp3) is 0.923. The van der Waals surface area contributed by atoms with Gasteiger partial charge in [0.15, 0.2) is 0 Å². The summed E-state index contributed by atoms with van der Waals surface area (Å²) in [4.78, 5) is 16.5. The molecule has 1 rings (SSSR count). The van der Waals surface area contributed by atoms with Crippen LogP contribution < -0.4 is 5.32 Å². The van der Waals surface area contributed by atoms with Crippen LogP contribution in [0.2, 0.25) is 0 Å². The lowest BCUT2D eigenvalue weighted by atomic mass is 9.89. The lowest BCUT2D eigenvalue weighted by molar-refractivity contribution is -0.153. The minimum Gasteiger partial charge on any atom is -0.465 e. The highest BCUT2D eigenvalue weighted by Crippen LogP contribution is 2.22. The molecule has 0 amide bonds. The van der Waals surface area contributed by atoms with E-state index < -0.39 is 5.54 Å². The van der Waals surface area contributed by atoms with Gasteiger partial charge in [-0.05, 0) is 47.5 Å². The molecule has 0 aromatic heterocycles. The van der Waals surface area contributed by atoms with Crippen LogP contribution in [0.3, 0.4) is 0 Å². The number of ether oxygens (including phenoxy) is 1. The van der Waals surface area contributed by atoms with E-state index in [1.165, 1.54) is 0 Å². The number of nitrogens with one attached hydrogen (secondary N) is 1. The van der Waals surface area contributed by atoms with Crippen molar-refractivity contribution in [2.45, 2.75) is 25.3 Å². The summed E-state index contributed by atoms with van der Waals surface area (Å²) < 4.78 is 5.25. The number of likely N-dealkylation sites (tertiary alicyclic amines) is 1. The Balaban J connectivity index is 2.64. The molecular weight excluding hydrogens is 230 g/mol. The van der Waals surface area contributed by atoms with E-state index in [0.29, 0.717) is 6.61 Å². The second-order valence-corrected chi connectivity index (χ2v) is 5.37. The maximum absolute atomic E-state index is 12.2. The summed E-state index contributed by atoms with van der Waals surface area (Å²) in [5.74, 6) is -0.102. The fourth-order valence-corrected chi connectivity index (χ4v) is 2.44. The quantitative estimate of drug-likeness (QED) is 0.687. The number of piperidine rings is 1. The second kappa shape index (κ2) is 7.07. The highest BCUT2D eigenvalue weighted by Gasteiger charge is 2.42. The average Bonchev–Trinajstić information content (AvgIpc) is 2.28. The number of carbonyl (C=O) groups is 1. The van der Waals surface area contributed by atoms with Crippen molar-refractivity contribution >= 4 is 5.97 Å². The van der Waals surface area contributed by atoms with E-state index in [1.807, 2.05) is 21.0 Å². The minimum absolute atomic E-state index is 0.102. The highest BCUT2D eigenvalue weighted by atomic mass is 16.5. The van der Waals surface area contributed by atoms with Crippen molar-refractivity contribution in [2.24, 2.45) is 0 Å². The standard InChI is InChI=1S/C13H27N3O2/c1-5-18-12(17)13(14-8-10-15(2)3)7-6-9-16(4)11-13/h14H,5-11H2,1-4H3. The molecule has 0 saturated carbocycles. The second-order valence-electron chi connectivity index (χ2n) is 5.37. The number of nitrogens with zero attached hydrogens (tertiary/aromatic N) is 2. The molecule has 0 aromatic carbocycles. The highest BCUT2D eigenvalue weighted by molar-refractivity contribution is 5.81. The van der Waals surface area contributed by atoms with Crippen molar-refractivity contribution in [1.29, 1.82) is 0 Å². The first-order valence-electron chi connectivity index (χ1n) is 6.76. The molecule has 5 nitrogen and oxygen atoms in total. The molecule has 106 valence electrons. The molecule has 0 aromatic rings. The Hall–Kier alpha value is -0.650. The van der Waals surface area contributed by atoms with Gasteiger partial charge in [-0.2, -0.15) is 0 Å². The largest absolute Gasteiger partial charge is 0.465 e. The molecule has 1 saturated heterocycles. The Kier molecular flexibility index (Phi) is 6.05. The summed E-state index contributed by atoms with van der Waals surface area (Å²) in [5, 5.41) is 3.42. The summed E-state index contributed by atoms with van der Waals surface area (Å²) in [6.45, 7) is 5.82. The summed E-state index contributed by atoms with van der Waals surface area (Å²) in [6, 6.07) is 0. The van der Waals surface area contributed by atoms with E-state index in [4.69, 9.17) is 4.74 Å². The van der Waals surface area contributed by atoms with Gasteiger partial charge in [0.25, 0.3) is 0 Å². The van der Waals surface area contributed by atoms with Crippen LogP contribution in [0.15, 0.2) is 0 Å². The zero-order chi connectivity index (χ0) is 13.6. The molecule has 18 heavy (non-hydrogen) atoms. The van der Waals surface area contributed by atoms with Gasteiger partial charge >= 0.3 is 5.97 Å². The first-order valence-corrected chi connectivity index (χ1v) is 6.76. The maximum Gasteiger partial charge on any atom is 0.327 e. The zero-order valence-electron chi connectivity index (χ0n) is 12.2. The van der Waals surface area contributed by atoms with Crippen LogP contribution in [0.4, 0.5) is 0 Å². The van der Waals surface area contributed by atoms with Crippen LogP contribution in [-0.2, 0) is 9.53 Å². The number of hydrogen-bond donors (Lipinski definition) is 1. The molecule has 1 aliphatic heterocycles. The van der Waals surface area contributed by atoms with Crippen LogP contribution in [0, 0.1) is 0 Å². The van der Waals surface area contributed by atoms with Crippen molar-refractivity contribution in [3.05, 3.63) is 0 Å². The number of rotatable bonds is 6. The topological polar surface area (TPSA) is 44.8 Å². The molecular formula is C13H27N3O2. The Bertz CT molecular complexity index is 271. The average molecular weight is 257 g/mol. The molecule has 1 heterocycles. The van der Waals surface area contributed by atoms with Crippen LogP contribution in [-0.4, -0.2) is 75.2 Å². The third-order valence-electron chi connectivity index (χ3n) is 3.37. The summed E-state index contributed by atoms with van der Waals surface area (Å²) in [7, 11) is 6.12. The summed E-state index contributed by atoms with van der Waals surface area (Å²) in [5.41, 5.74) is -0.515. The Morgan fingerprint density at radius 1 is 1.50 bits per heavy atom. The SMILES string of the molecule is CCOC(=O)C1(NCCN(C)C)CCCN(C)C1. The summed E-state index contributed by atoms with van der Waals surface area (Å²) in [6.07, 6.45) is 1.90. The Morgan fingerprint density at radius 3 is 2.78 bits per heavy atom. The van der Waals surface area contributed by atoms with E-state index in [0.717, 1.165) is 39.0 Å². The van der Waals surface area contributed by atoms with Gasteiger partial charge in [-0.15, -0.1) is 0 Å². The van der Waals surface area contributed by atoms with Crippen molar-refractivity contribution in [1.82, 2.24) is 15.1 Å². The first kappa shape index (κ1) is 15.4. The molecule has 1 N–H and O–H groups in total. The molecule has 1 atom stereocenters. The van der Waals surface area contributed by atoms with Gasteiger partial charge in [-0.3, -0.25) is 5.32 Å². The smallest absolute Gasteiger partial charge is 0.327 e. The predicted octanol–water partition coefficient (Wildman–Crippen LogP) is 0.165. The van der Waals surface area contributed by atoms with Crippen molar-refractivity contribution in [3.63, 3.8) is 0 Å². The molecule has 0 spiro atoms. The van der Waals surface area contributed by atoms with Crippen molar-refractivity contribution < 1.29 is 9.53 Å². The maximum atomic E-state index is 12.2. The third-order valence-corrected chi connectivity index (χ3v) is 3.37. The Labute approximate surface area is 110 Å². The number of hydrogen-bond acceptors (Lipinski definition) is 5. The lowest BCUT2D eigenvalue weighted by Crippen LogP contribution is -2.62. The van der Waals surface area contributed by atoms with E-state index in [1.54, 1.807) is 0 Å². The molecule has 5 heteroatoms. The van der Waals surface area contributed by atoms with Crippen LogP contribution in [0.5, 0.6) is 0 Å². The molecule has 1 unspecified atom stereocenters. The van der Waals surface area contributed by atoms with Gasteiger partial charge < -0.3 is 14.5 Å². The van der Waals surface area contributed by atoms with Crippen LogP contribution in [0.1, 0.15) is 19.8 Å². The van der Waals surface area contributed by atoms with Crippen LogP contribution in [0.25, 0.3) is 0 Å². The monoisotopic (exact) mass is 257 g/mol. The molecule has 1 fully saturated rings. The predicted molar refractivity (Wildman–Crippen MR) is 72.7 cm³/mol. The van der Waals surface area contributed by atoms with E-state index >= 15 is 0 Å². The van der Waals surface area contributed by atoms with Crippen molar-refractivity contribution in [2.75, 3.05) is 53.9 Å². The zero-order valence-corrected chi connectivity index (χ0v) is 12.2. The third kappa shape index (κ3) is 4.23. The lowest BCUT2D eigenvalue weighted by Gasteiger charge is -2.40. The minimum atomic E-state index is -0.515. The van der Waals surface area contributed by atoms with E-state index in [2.05, 4.69) is 22.2 Å². The number of carbonyl (C=O) groups excluding carboxylic acids is 1. The van der Waals surface area contributed by atoms with Gasteiger partial charge in [-0.1, -0.05) is 0 Å². The Morgan fingerprint density at radius 2 is 2.22 bits per heavy atom. The molecule has 0 radical (unpaired) electrons. The van der Waals surface area contributed by atoms with Gasteiger partial charge in [0.2, 0.25) is 0 Å². The van der Waals surface area contributed by atoms with Crippen molar-refractivity contribution in [3.8, 4) is 0 Å².